The summed E-state index contributed by atoms with van der Waals surface area (Å²) in [4.78, 5) is 12.7. The quantitative estimate of drug-likeness (QED) is 0.885. The van der Waals surface area contributed by atoms with Crippen molar-refractivity contribution in [3.8, 4) is 11.3 Å². The average molecular weight is 298 g/mol. The van der Waals surface area contributed by atoms with E-state index in [4.69, 9.17) is 5.73 Å². The zero-order valence-electron chi connectivity index (χ0n) is 13.9. The van der Waals surface area contributed by atoms with Gasteiger partial charge < -0.3 is 10.3 Å². The second kappa shape index (κ2) is 7.41. The maximum Gasteiger partial charge on any atom is 0.255 e. The Balaban J connectivity index is 2.59. The molecule has 0 aliphatic heterocycles. The maximum atomic E-state index is 12.7. The van der Waals surface area contributed by atoms with Gasteiger partial charge in [-0.15, -0.1) is 0 Å². The standard InChI is InChI=1S/C19H26N2O/c1-4-6-11-21-18(12-14(3)17(13-20)19(21)22)16-9-7-15(5-2)8-10-16/h7-10,12H,4-6,11,13,20H2,1-3H3. The number of aryl methyl sites for hydroxylation is 2. The lowest BCUT2D eigenvalue weighted by Gasteiger charge is -2.16. The zero-order chi connectivity index (χ0) is 16.1. The molecule has 2 aromatic rings. The number of unbranched alkanes of at least 4 members (excludes halogenated alkanes) is 1. The van der Waals surface area contributed by atoms with E-state index in [0.29, 0.717) is 6.54 Å². The molecule has 0 saturated heterocycles. The number of benzene rings is 1. The van der Waals surface area contributed by atoms with Gasteiger partial charge in [-0.1, -0.05) is 44.5 Å². The summed E-state index contributed by atoms with van der Waals surface area (Å²) in [5.41, 5.74) is 10.9. The molecule has 22 heavy (non-hydrogen) atoms. The molecule has 3 nitrogen and oxygen atoms in total. The molecule has 1 aromatic carbocycles. The first-order chi connectivity index (χ1) is 10.6. The van der Waals surface area contributed by atoms with E-state index in [0.717, 1.165) is 48.2 Å². The van der Waals surface area contributed by atoms with E-state index < -0.39 is 0 Å². The third-order valence-electron chi connectivity index (χ3n) is 4.22. The number of rotatable bonds is 6. The third kappa shape index (κ3) is 3.30. The summed E-state index contributed by atoms with van der Waals surface area (Å²) in [6.45, 7) is 7.29. The highest BCUT2D eigenvalue weighted by Crippen LogP contribution is 2.22. The second-order valence-corrected chi connectivity index (χ2v) is 5.76. The van der Waals surface area contributed by atoms with Crippen molar-refractivity contribution in [2.24, 2.45) is 5.73 Å². The lowest BCUT2D eigenvalue weighted by Crippen LogP contribution is -2.28. The molecule has 0 amide bonds. The summed E-state index contributed by atoms with van der Waals surface area (Å²) in [5, 5.41) is 0. The van der Waals surface area contributed by atoms with Crippen LogP contribution < -0.4 is 11.3 Å². The van der Waals surface area contributed by atoms with Gasteiger partial charge in [0.2, 0.25) is 0 Å². The van der Waals surface area contributed by atoms with Gasteiger partial charge in [-0.2, -0.15) is 0 Å². The summed E-state index contributed by atoms with van der Waals surface area (Å²) in [6.07, 6.45) is 3.08. The molecule has 0 bridgehead atoms. The summed E-state index contributed by atoms with van der Waals surface area (Å²) < 4.78 is 1.89. The van der Waals surface area contributed by atoms with Gasteiger partial charge >= 0.3 is 0 Å². The van der Waals surface area contributed by atoms with Crippen molar-refractivity contribution in [2.75, 3.05) is 0 Å². The molecule has 3 heteroatoms. The van der Waals surface area contributed by atoms with Crippen molar-refractivity contribution in [1.82, 2.24) is 4.57 Å². The van der Waals surface area contributed by atoms with Crippen molar-refractivity contribution in [3.05, 3.63) is 57.4 Å². The Labute approximate surface area is 132 Å². The summed E-state index contributed by atoms with van der Waals surface area (Å²) in [6, 6.07) is 10.6. The second-order valence-electron chi connectivity index (χ2n) is 5.76. The molecule has 0 unspecified atom stereocenters. The molecule has 1 aromatic heterocycles. The minimum atomic E-state index is 0.0607. The van der Waals surface area contributed by atoms with Gasteiger partial charge in [0.15, 0.2) is 0 Å². The van der Waals surface area contributed by atoms with Gasteiger partial charge in [0.1, 0.15) is 0 Å². The number of nitrogens with zero attached hydrogens (tertiary/aromatic N) is 1. The van der Waals surface area contributed by atoms with Crippen molar-refractivity contribution in [3.63, 3.8) is 0 Å². The largest absolute Gasteiger partial charge is 0.326 e. The number of aromatic nitrogens is 1. The fourth-order valence-corrected chi connectivity index (χ4v) is 2.75. The third-order valence-corrected chi connectivity index (χ3v) is 4.22. The van der Waals surface area contributed by atoms with Crippen LogP contribution in [0.3, 0.4) is 0 Å². The molecule has 0 spiro atoms. The van der Waals surface area contributed by atoms with Gasteiger partial charge in [-0.05, 0) is 42.5 Å². The van der Waals surface area contributed by atoms with Crippen LogP contribution in [0.4, 0.5) is 0 Å². The van der Waals surface area contributed by atoms with Crippen LogP contribution in [0.2, 0.25) is 0 Å². The fourth-order valence-electron chi connectivity index (χ4n) is 2.75. The zero-order valence-corrected chi connectivity index (χ0v) is 13.9. The number of pyridine rings is 1. The minimum Gasteiger partial charge on any atom is -0.326 e. The predicted octanol–water partition coefficient (Wildman–Crippen LogP) is 3.64. The molecule has 118 valence electrons. The minimum absolute atomic E-state index is 0.0607. The lowest BCUT2D eigenvalue weighted by molar-refractivity contribution is 0.612. The van der Waals surface area contributed by atoms with Crippen LogP contribution >= 0.6 is 0 Å². The van der Waals surface area contributed by atoms with E-state index >= 15 is 0 Å². The van der Waals surface area contributed by atoms with Crippen LogP contribution in [0.25, 0.3) is 11.3 Å². The molecular weight excluding hydrogens is 272 g/mol. The Kier molecular flexibility index (Phi) is 5.56. The maximum absolute atomic E-state index is 12.7. The topological polar surface area (TPSA) is 48.0 Å². The molecule has 0 radical (unpaired) electrons. The van der Waals surface area contributed by atoms with Crippen LogP contribution in [-0.4, -0.2) is 4.57 Å². The Morgan fingerprint density at radius 2 is 1.82 bits per heavy atom. The van der Waals surface area contributed by atoms with Crippen LogP contribution in [0, 0.1) is 6.92 Å². The van der Waals surface area contributed by atoms with Gasteiger partial charge in [-0.25, -0.2) is 0 Å². The molecule has 0 saturated carbocycles. The fraction of sp³-hybridized carbons (Fsp3) is 0.421. The van der Waals surface area contributed by atoms with Gasteiger partial charge in [0, 0.05) is 18.7 Å². The SMILES string of the molecule is CCCCn1c(-c2ccc(CC)cc2)cc(C)c(CN)c1=O. The molecule has 1 heterocycles. The Hall–Kier alpha value is -1.87. The van der Waals surface area contributed by atoms with E-state index in [2.05, 4.69) is 44.2 Å². The first kappa shape index (κ1) is 16.5. The molecule has 2 rings (SSSR count). The van der Waals surface area contributed by atoms with E-state index in [1.165, 1.54) is 5.56 Å². The van der Waals surface area contributed by atoms with Crippen LogP contribution in [-0.2, 0) is 19.5 Å². The van der Waals surface area contributed by atoms with E-state index in [9.17, 15) is 4.79 Å². The highest BCUT2D eigenvalue weighted by Gasteiger charge is 2.12. The number of hydrogen-bond acceptors (Lipinski definition) is 2. The van der Waals surface area contributed by atoms with Crippen molar-refractivity contribution in [1.29, 1.82) is 0 Å². The van der Waals surface area contributed by atoms with E-state index in [1.807, 2.05) is 11.5 Å². The molecule has 0 aliphatic rings. The highest BCUT2D eigenvalue weighted by atomic mass is 16.1. The van der Waals surface area contributed by atoms with Crippen LogP contribution in [0.1, 0.15) is 43.4 Å². The van der Waals surface area contributed by atoms with E-state index in [1.54, 1.807) is 0 Å². The van der Waals surface area contributed by atoms with Gasteiger partial charge in [0.25, 0.3) is 5.56 Å². The summed E-state index contributed by atoms with van der Waals surface area (Å²) >= 11 is 0. The first-order valence-electron chi connectivity index (χ1n) is 8.15. The number of hydrogen-bond donors (Lipinski definition) is 1. The first-order valence-corrected chi connectivity index (χ1v) is 8.15. The van der Waals surface area contributed by atoms with Gasteiger partial charge in [-0.3, -0.25) is 4.79 Å². The monoisotopic (exact) mass is 298 g/mol. The van der Waals surface area contributed by atoms with Gasteiger partial charge in [0.05, 0.1) is 5.69 Å². The molecule has 0 aliphatic carbocycles. The number of nitrogens with two attached hydrogens (primary N) is 1. The lowest BCUT2D eigenvalue weighted by atomic mass is 10.0. The van der Waals surface area contributed by atoms with Crippen molar-refractivity contribution < 1.29 is 0 Å². The van der Waals surface area contributed by atoms with Crippen LogP contribution in [0.5, 0.6) is 0 Å². The van der Waals surface area contributed by atoms with Crippen molar-refractivity contribution in [2.45, 2.75) is 53.1 Å². The molecule has 2 N–H and O–H groups in total. The van der Waals surface area contributed by atoms with E-state index in [-0.39, 0.29) is 5.56 Å². The summed E-state index contributed by atoms with van der Waals surface area (Å²) in [7, 11) is 0. The summed E-state index contributed by atoms with van der Waals surface area (Å²) in [5.74, 6) is 0. The average Bonchev–Trinajstić information content (AvgIpc) is 2.54. The van der Waals surface area contributed by atoms with Crippen molar-refractivity contribution >= 4 is 0 Å². The molecular formula is C19H26N2O. The Morgan fingerprint density at radius 3 is 2.36 bits per heavy atom. The predicted molar refractivity (Wildman–Crippen MR) is 93.1 cm³/mol. The van der Waals surface area contributed by atoms with Crippen LogP contribution in [0.15, 0.2) is 35.1 Å². The smallest absolute Gasteiger partial charge is 0.255 e. The highest BCUT2D eigenvalue weighted by molar-refractivity contribution is 5.61. The molecule has 0 atom stereocenters. The normalized spacial score (nSPS) is 10.9. The Morgan fingerprint density at radius 1 is 1.14 bits per heavy atom. The Bertz CT molecular complexity index is 684. The molecule has 0 fully saturated rings.